The lowest BCUT2D eigenvalue weighted by Gasteiger charge is -2.09. The topological polar surface area (TPSA) is 78.5 Å². The van der Waals surface area contributed by atoms with Gasteiger partial charge >= 0.3 is 6.09 Å². The second-order valence-electron chi connectivity index (χ2n) is 2.99. The van der Waals surface area contributed by atoms with Crippen molar-refractivity contribution in [3.05, 3.63) is 40.9 Å². The third kappa shape index (κ3) is 3.92. The molecule has 0 radical (unpaired) electrons. The zero-order chi connectivity index (χ0) is 12.8. The average molecular weight is 299 g/mol. The van der Waals surface area contributed by atoms with Gasteiger partial charge in [0.1, 0.15) is 6.61 Å². The van der Waals surface area contributed by atoms with Crippen molar-refractivity contribution in [2.45, 2.75) is 0 Å². The van der Waals surface area contributed by atoms with E-state index >= 15 is 0 Å². The summed E-state index contributed by atoms with van der Waals surface area (Å²) in [5, 5.41) is 13.0. The largest absolute Gasteiger partial charge is 0.545 e. The monoisotopic (exact) mass is 298 g/mol. The Balaban J connectivity index is 2.75. The van der Waals surface area contributed by atoms with Gasteiger partial charge in [-0.1, -0.05) is 18.7 Å². The summed E-state index contributed by atoms with van der Waals surface area (Å²) in [6.45, 7) is 3.50. The first-order chi connectivity index (χ1) is 8.04. The maximum absolute atomic E-state index is 11.2. The summed E-state index contributed by atoms with van der Waals surface area (Å²) in [7, 11) is 0. The Labute approximate surface area is 106 Å². The fraction of sp³-hybridized carbons (Fsp3) is 0.0909. The van der Waals surface area contributed by atoms with Crippen molar-refractivity contribution in [3.63, 3.8) is 0 Å². The van der Waals surface area contributed by atoms with E-state index in [1.807, 2.05) is 0 Å². The molecule has 5 nitrogen and oxygen atoms in total. The number of carbonyl (C=O) groups is 2. The molecule has 1 aromatic carbocycles. The number of benzene rings is 1. The van der Waals surface area contributed by atoms with Crippen LogP contribution in [0.4, 0.5) is 10.5 Å². The molecule has 0 aliphatic rings. The van der Waals surface area contributed by atoms with Gasteiger partial charge in [-0.25, -0.2) is 4.79 Å². The van der Waals surface area contributed by atoms with Gasteiger partial charge in [-0.15, -0.1) is 0 Å². The van der Waals surface area contributed by atoms with Crippen LogP contribution in [0.3, 0.4) is 0 Å². The van der Waals surface area contributed by atoms with Crippen molar-refractivity contribution in [2.75, 3.05) is 11.9 Å². The molecule has 0 atom stereocenters. The highest BCUT2D eigenvalue weighted by Crippen LogP contribution is 2.23. The van der Waals surface area contributed by atoms with Gasteiger partial charge in [0.2, 0.25) is 0 Å². The van der Waals surface area contributed by atoms with Gasteiger partial charge in [0.05, 0.1) is 11.7 Å². The predicted molar refractivity (Wildman–Crippen MR) is 63.6 cm³/mol. The van der Waals surface area contributed by atoms with Crippen LogP contribution in [0.25, 0.3) is 0 Å². The van der Waals surface area contributed by atoms with E-state index in [-0.39, 0.29) is 12.2 Å². The van der Waals surface area contributed by atoms with E-state index in [1.165, 1.54) is 24.3 Å². The van der Waals surface area contributed by atoms with Crippen molar-refractivity contribution in [1.82, 2.24) is 0 Å². The number of carbonyl (C=O) groups excluding carboxylic acids is 2. The molecule has 0 aliphatic heterocycles. The zero-order valence-electron chi connectivity index (χ0n) is 8.73. The summed E-state index contributed by atoms with van der Waals surface area (Å²) < 4.78 is 5.14. The Morgan fingerprint density at radius 3 is 2.76 bits per heavy atom. The average Bonchev–Trinajstić information content (AvgIpc) is 2.28. The number of halogens is 1. The number of hydrogen-bond acceptors (Lipinski definition) is 4. The van der Waals surface area contributed by atoms with E-state index < -0.39 is 12.1 Å². The molecule has 1 amide bonds. The lowest BCUT2D eigenvalue weighted by Crippen LogP contribution is -2.22. The van der Waals surface area contributed by atoms with Crippen LogP contribution in [0, 0.1) is 0 Å². The molecular formula is C11H9BrNO4-. The van der Waals surface area contributed by atoms with Gasteiger partial charge < -0.3 is 14.6 Å². The lowest BCUT2D eigenvalue weighted by molar-refractivity contribution is -0.255. The van der Waals surface area contributed by atoms with E-state index in [4.69, 9.17) is 4.74 Å². The standard InChI is InChI=1S/C11H10BrNO4/c1-2-5-17-11(16)13-9-4-3-7(10(14)15)6-8(9)12/h2-4,6H,1,5H2,(H,13,16)(H,14,15)/p-1. The molecule has 0 unspecified atom stereocenters. The van der Waals surface area contributed by atoms with E-state index in [0.29, 0.717) is 10.2 Å². The first kappa shape index (κ1) is 13.2. The zero-order valence-corrected chi connectivity index (χ0v) is 10.3. The molecule has 0 bridgehead atoms. The van der Waals surface area contributed by atoms with Crippen molar-refractivity contribution in [1.29, 1.82) is 0 Å². The van der Waals surface area contributed by atoms with Crippen LogP contribution in [0.15, 0.2) is 35.3 Å². The molecule has 17 heavy (non-hydrogen) atoms. The minimum atomic E-state index is -1.29. The molecule has 1 aromatic rings. The number of carboxylic acids is 1. The van der Waals surface area contributed by atoms with Crippen LogP contribution in [0.2, 0.25) is 0 Å². The predicted octanol–water partition coefficient (Wildman–Crippen LogP) is 1.55. The normalized spacial score (nSPS) is 9.47. The second-order valence-corrected chi connectivity index (χ2v) is 3.85. The van der Waals surface area contributed by atoms with Crippen molar-refractivity contribution >= 4 is 33.7 Å². The van der Waals surface area contributed by atoms with Gasteiger partial charge in [-0.05, 0) is 33.6 Å². The van der Waals surface area contributed by atoms with Crippen molar-refractivity contribution < 1.29 is 19.4 Å². The highest BCUT2D eigenvalue weighted by molar-refractivity contribution is 9.10. The van der Waals surface area contributed by atoms with Crippen LogP contribution in [0.5, 0.6) is 0 Å². The molecule has 0 spiro atoms. The summed E-state index contributed by atoms with van der Waals surface area (Å²) in [4.78, 5) is 21.8. The summed E-state index contributed by atoms with van der Waals surface area (Å²) >= 11 is 3.13. The molecule has 0 fully saturated rings. The molecule has 1 rings (SSSR count). The summed E-state index contributed by atoms with van der Waals surface area (Å²) in [5.74, 6) is -1.29. The highest BCUT2D eigenvalue weighted by Gasteiger charge is 2.06. The van der Waals surface area contributed by atoms with Crippen LogP contribution >= 0.6 is 15.9 Å². The van der Waals surface area contributed by atoms with E-state index in [1.54, 1.807) is 0 Å². The first-order valence-electron chi connectivity index (χ1n) is 4.60. The van der Waals surface area contributed by atoms with E-state index in [0.717, 1.165) is 0 Å². The lowest BCUT2D eigenvalue weighted by atomic mass is 10.2. The van der Waals surface area contributed by atoms with Gasteiger partial charge in [-0.3, -0.25) is 5.32 Å². The second kappa shape index (κ2) is 6.05. The quantitative estimate of drug-likeness (QED) is 0.856. The molecule has 6 heteroatoms. The third-order valence-electron chi connectivity index (χ3n) is 1.77. The molecule has 90 valence electrons. The van der Waals surface area contributed by atoms with Gasteiger partial charge in [-0.2, -0.15) is 0 Å². The highest BCUT2D eigenvalue weighted by atomic mass is 79.9. The Hall–Kier alpha value is -1.82. The van der Waals surface area contributed by atoms with Crippen LogP contribution in [-0.2, 0) is 4.74 Å². The molecule has 1 N–H and O–H groups in total. The maximum Gasteiger partial charge on any atom is 0.411 e. The number of amides is 1. The third-order valence-corrected chi connectivity index (χ3v) is 2.43. The number of rotatable bonds is 4. The first-order valence-corrected chi connectivity index (χ1v) is 5.39. The molecule has 0 saturated heterocycles. The summed E-state index contributed by atoms with van der Waals surface area (Å²) in [6, 6.07) is 4.09. The van der Waals surface area contributed by atoms with Gasteiger partial charge in [0.15, 0.2) is 0 Å². The fourth-order valence-electron chi connectivity index (χ4n) is 1.02. The Kier molecular flexibility index (Phi) is 4.71. The number of carboxylic acid groups (broad SMARTS) is 1. The van der Waals surface area contributed by atoms with Crippen LogP contribution in [0.1, 0.15) is 10.4 Å². The maximum atomic E-state index is 11.2. The minimum Gasteiger partial charge on any atom is -0.545 e. The van der Waals surface area contributed by atoms with Crippen molar-refractivity contribution in [2.24, 2.45) is 0 Å². The smallest absolute Gasteiger partial charge is 0.411 e. The summed E-state index contributed by atoms with van der Waals surface area (Å²) in [6.07, 6.45) is 0.792. The Morgan fingerprint density at radius 2 is 2.24 bits per heavy atom. The Bertz CT molecular complexity index is 459. The van der Waals surface area contributed by atoms with E-state index in [9.17, 15) is 14.7 Å². The SMILES string of the molecule is C=CCOC(=O)Nc1ccc(C(=O)[O-])cc1Br. The van der Waals surface area contributed by atoms with E-state index in [2.05, 4.69) is 27.8 Å². The minimum absolute atomic E-state index is 0.0156. The fourth-order valence-corrected chi connectivity index (χ4v) is 1.50. The van der Waals surface area contributed by atoms with Crippen molar-refractivity contribution in [3.8, 4) is 0 Å². The number of aromatic carboxylic acids is 1. The molecule has 0 aromatic heterocycles. The van der Waals surface area contributed by atoms with Crippen LogP contribution < -0.4 is 10.4 Å². The van der Waals surface area contributed by atoms with Gasteiger partial charge in [0, 0.05) is 4.47 Å². The molecule has 0 aliphatic carbocycles. The van der Waals surface area contributed by atoms with Crippen LogP contribution in [-0.4, -0.2) is 18.7 Å². The number of hydrogen-bond donors (Lipinski definition) is 1. The molecule has 0 heterocycles. The molecule has 0 saturated carbocycles. The number of nitrogens with one attached hydrogen (secondary N) is 1. The number of anilines is 1. The molecular weight excluding hydrogens is 290 g/mol. The summed E-state index contributed by atoms with van der Waals surface area (Å²) in [5.41, 5.74) is 0.422. The number of ether oxygens (including phenoxy) is 1. The Morgan fingerprint density at radius 1 is 1.53 bits per heavy atom. The van der Waals surface area contributed by atoms with Gasteiger partial charge in [0.25, 0.3) is 0 Å².